The van der Waals surface area contributed by atoms with Gasteiger partial charge >= 0.3 is 0 Å². The Morgan fingerprint density at radius 1 is 1.15 bits per heavy atom. The van der Waals surface area contributed by atoms with Gasteiger partial charge < -0.3 is 5.73 Å². The number of aryl methyl sites for hydroxylation is 1. The molecule has 0 saturated carbocycles. The molecule has 1 aromatic heterocycles. The Hall–Kier alpha value is -1.36. The van der Waals surface area contributed by atoms with Crippen LogP contribution in [-0.4, -0.2) is 34.3 Å². The van der Waals surface area contributed by atoms with Gasteiger partial charge in [0, 0.05) is 39.4 Å². The molecule has 0 amide bonds. The Balaban J connectivity index is 0.00000200. The second-order valence-corrected chi connectivity index (χ2v) is 4.75. The second kappa shape index (κ2) is 8.74. The van der Waals surface area contributed by atoms with Crippen molar-refractivity contribution in [2.45, 2.75) is 13.0 Å². The Kier molecular flexibility index (Phi) is 7.30. The summed E-state index contributed by atoms with van der Waals surface area (Å²) in [6.07, 6.45) is 2.89. The molecule has 0 radical (unpaired) electrons. The largest absolute Gasteiger partial charge is 0.329 e. The lowest BCUT2D eigenvalue weighted by molar-refractivity contribution is 0.269. The summed E-state index contributed by atoms with van der Waals surface area (Å²) in [5, 5.41) is 4.21. The van der Waals surface area contributed by atoms with E-state index in [0.717, 1.165) is 26.1 Å². The van der Waals surface area contributed by atoms with Gasteiger partial charge in [0.25, 0.3) is 0 Å². The minimum Gasteiger partial charge on any atom is -0.329 e. The first-order valence-electron chi connectivity index (χ1n) is 6.73. The zero-order valence-electron chi connectivity index (χ0n) is 11.9. The van der Waals surface area contributed by atoms with E-state index < -0.39 is 0 Å². The second-order valence-electron chi connectivity index (χ2n) is 4.75. The highest BCUT2D eigenvalue weighted by Crippen LogP contribution is 2.06. The van der Waals surface area contributed by atoms with Gasteiger partial charge in [0.05, 0.1) is 5.69 Å². The fourth-order valence-electron chi connectivity index (χ4n) is 2.17. The Morgan fingerprint density at radius 3 is 2.50 bits per heavy atom. The number of hydrogen-bond donors (Lipinski definition) is 1. The number of aromatic nitrogens is 2. The molecule has 0 aliphatic rings. The number of halogens is 1. The standard InChI is InChI=1S/C15H22N4.ClH/c1-18-15(7-10-17-18)13-19(12-9-16)11-8-14-5-3-2-4-6-14;/h2-7,10H,8-9,11-13,16H2,1H3;1H. The van der Waals surface area contributed by atoms with Gasteiger partial charge in [-0.1, -0.05) is 30.3 Å². The summed E-state index contributed by atoms with van der Waals surface area (Å²) in [6.45, 7) is 3.53. The molecule has 4 nitrogen and oxygen atoms in total. The lowest BCUT2D eigenvalue weighted by Crippen LogP contribution is -2.31. The Labute approximate surface area is 127 Å². The van der Waals surface area contributed by atoms with E-state index >= 15 is 0 Å². The summed E-state index contributed by atoms with van der Waals surface area (Å²) in [5.74, 6) is 0. The first-order chi connectivity index (χ1) is 9.29. The van der Waals surface area contributed by atoms with Crippen LogP contribution >= 0.6 is 12.4 Å². The van der Waals surface area contributed by atoms with Gasteiger partial charge in [0.1, 0.15) is 0 Å². The van der Waals surface area contributed by atoms with Gasteiger partial charge in [-0.2, -0.15) is 5.10 Å². The molecule has 0 aliphatic carbocycles. The zero-order chi connectivity index (χ0) is 13.5. The number of benzene rings is 1. The lowest BCUT2D eigenvalue weighted by Gasteiger charge is -2.21. The van der Waals surface area contributed by atoms with E-state index in [1.54, 1.807) is 0 Å². The third-order valence-corrected chi connectivity index (χ3v) is 3.31. The quantitative estimate of drug-likeness (QED) is 0.848. The molecule has 2 rings (SSSR count). The summed E-state index contributed by atoms with van der Waals surface area (Å²) < 4.78 is 1.92. The van der Waals surface area contributed by atoms with Crippen molar-refractivity contribution in [3.8, 4) is 0 Å². The highest BCUT2D eigenvalue weighted by atomic mass is 35.5. The third kappa shape index (κ3) is 4.96. The van der Waals surface area contributed by atoms with Crippen LogP contribution in [0, 0.1) is 0 Å². The van der Waals surface area contributed by atoms with Crippen molar-refractivity contribution in [3.05, 3.63) is 53.9 Å². The van der Waals surface area contributed by atoms with Crippen LogP contribution in [-0.2, 0) is 20.0 Å². The fraction of sp³-hybridized carbons (Fsp3) is 0.400. The summed E-state index contributed by atoms with van der Waals surface area (Å²) in [5.41, 5.74) is 8.29. The average molecular weight is 295 g/mol. The molecule has 0 spiro atoms. The summed E-state index contributed by atoms with van der Waals surface area (Å²) in [6, 6.07) is 12.6. The van der Waals surface area contributed by atoms with Gasteiger partial charge in [-0.25, -0.2) is 0 Å². The highest BCUT2D eigenvalue weighted by Gasteiger charge is 2.08. The summed E-state index contributed by atoms with van der Waals surface area (Å²) in [7, 11) is 1.98. The monoisotopic (exact) mass is 294 g/mol. The van der Waals surface area contributed by atoms with Gasteiger partial charge in [-0.05, 0) is 18.1 Å². The molecule has 110 valence electrons. The van der Waals surface area contributed by atoms with Crippen molar-refractivity contribution in [3.63, 3.8) is 0 Å². The minimum absolute atomic E-state index is 0. The lowest BCUT2D eigenvalue weighted by atomic mass is 10.1. The third-order valence-electron chi connectivity index (χ3n) is 3.31. The minimum atomic E-state index is 0. The maximum atomic E-state index is 5.70. The van der Waals surface area contributed by atoms with Crippen molar-refractivity contribution in [2.75, 3.05) is 19.6 Å². The van der Waals surface area contributed by atoms with Crippen molar-refractivity contribution in [1.82, 2.24) is 14.7 Å². The van der Waals surface area contributed by atoms with Crippen LogP contribution in [0.4, 0.5) is 0 Å². The Morgan fingerprint density at radius 2 is 1.90 bits per heavy atom. The van der Waals surface area contributed by atoms with E-state index in [-0.39, 0.29) is 12.4 Å². The van der Waals surface area contributed by atoms with Crippen molar-refractivity contribution < 1.29 is 0 Å². The molecular formula is C15H23ClN4. The molecule has 2 N–H and O–H groups in total. The average Bonchev–Trinajstić information content (AvgIpc) is 2.83. The summed E-state index contributed by atoms with van der Waals surface area (Å²) >= 11 is 0. The topological polar surface area (TPSA) is 47.1 Å². The SMILES string of the molecule is Cl.Cn1nccc1CN(CCN)CCc1ccccc1. The number of hydrogen-bond acceptors (Lipinski definition) is 3. The molecule has 0 fully saturated rings. The molecule has 0 bridgehead atoms. The molecule has 20 heavy (non-hydrogen) atoms. The van der Waals surface area contributed by atoms with Crippen molar-refractivity contribution in [1.29, 1.82) is 0 Å². The number of nitrogens with two attached hydrogens (primary N) is 1. The van der Waals surface area contributed by atoms with Gasteiger partial charge in [-0.15, -0.1) is 12.4 Å². The number of nitrogens with zero attached hydrogens (tertiary/aromatic N) is 3. The van der Waals surface area contributed by atoms with E-state index in [0.29, 0.717) is 6.54 Å². The van der Waals surface area contributed by atoms with E-state index in [9.17, 15) is 0 Å². The van der Waals surface area contributed by atoms with Gasteiger partial charge in [0.15, 0.2) is 0 Å². The van der Waals surface area contributed by atoms with Gasteiger partial charge in [0.2, 0.25) is 0 Å². The van der Waals surface area contributed by atoms with Crippen LogP contribution in [0.2, 0.25) is 0 Å². The molecular weight excluding hydrogens is 272 g/mol. The van der Waals surface area contributed by atoms with Crippen LogP contribution < -0.4 is 5.73 Å². The smallest absolute Gasteiger partial charge is 0.0521 e. The van der Waals surface area contributed by atoms with E-state index in [2.05, 4.69) is 46.4 Å². The van der Waals surface area contributed by atoms with Crippen LogP contribution in [0.25, 0.3) is 0 Å². The van der Waals surface area contributed by atoms with Crippen molar-refractivity contribution in [2.24, 2.45) is 12.8 Å². The van der Waals surface area contributed by atoms with Crippen LogP contribution in [0.5, 0.6) is 0 Å². The molecule has 0 unspecified atom stereocenters. The molecule has 1 heterocycles. The molecule has 0 aliphatic heterocycles. The molecule has 2 aromatic rings. The number of rotatable bonds is 7. The van der Waals surface area contributed by atoms with E-state index in [4.69, 9.17) is 5.73 Å². The normalized spacial score (nSPS) is 10.6. The molecule has 0 saturated heterocycles. The first kappa shape index (κ1) is 16.7. The predicted molar refractivity (Wildman–Crippen MR) is 84.9 cm³/mol. The maximum Gasteiger partial charge on any atom is 0.0521 e. The fourth-order valence-corrected chi connectivity index (χ4v) is 2.17. The Bertz CT molecular complexity index is 484. The summed E-state index contributed by atoms with van der Waals surface area (Å²) in [4.78, 5) is 2.38. The van der Waals surface area contributed by atoms with Crippen LogP contribution in [0.15, 0.2) is 42.6 Å². The predicted octanol–water partition coefficient (Wildman–Crippen LogP) is 1.85. The van der Waals surface area contributed by atoms with E-state index in [1.165, 1.54) is 11.3 Å². The molecule has 1 aromatic carbocycles. The molecule has 5 heteroatoms. The van der Waals surface area contributed by atoms with Crippen LogP contribution in [0.3, 0.4) is 0 Å². The maximum absolute atomic E-state index is 5.70. The van der Waals surface area contributed by atoms with Crippen molar-refractivity contribution >= 4 is 12.4 Å². The van der Waals surface area contributed by atoms with Crippen LogP contribution in [0.1, 0.15) is 11.3 Å². The van der Waals surface area contributed by atoms with E-state index in [1.807, 2.05) is 17.9 Å². The molecule has 0 atom stereocenters. The van der Waals surface area contributed by atoms with Gasteiger partial charge in [-0.3, -0.25) is 9.58 Å². The first-order valence-corrected chi connectivity index (χ1v) is 6.73. The highest BCUT2D eigenvalue weighted by molar-refractivity contribution is 5.85. The zero-order valence-corrected chi connectivity index (χ0v) is 12.7.